The highest BCUT2D eigenvalue weighted by molar-refractivity contribution is 7.03. The third kappa shape index (κ3) is 5.49. The van der Waals surface area contributed by atoms with Gasteiger partial charge >= 0.3 is 5.97 Å². The van der Waals surface area contributed by atoms with Crippen LogP contribution < -0.4 is 11.1 Å². The number of imidazole rings is 1. The van der Waals surface area contributed by atoms with Gasteiger partial charge < -0.3 is 21.1 Å². The van der Waals surface area contributed by atoms with Gasteiger partial charge in [-0.3, -0.25) is 4.79 Å². The molecule has 2 aromatic heterocycles. The van der Waals surface area contributed by atoms with Crippen LogP contribution in [0.4, 0.5) is 5.95 Å². The van der Waals surface area contributed by atoms with E-state index in [1.54, 1.807) is 0 Å². The predicted molar refractivity (Wildman–Crippen MR) is 126 cm³/mol. The maximum Gasteiger partial charge on any atom is 0.306 e. The maximum absolute atomic E-state index is 10.9. The van der Waals surface area contributed by atoms with E-state index in [1.165, 1.54) is 11.5 Å². The van der Waals surface area contributed by atoms with Crippen LogP contribution in [0.5, 0.6) is 0 Å². The van der Waals surface area contributed by atoms with Crippen molar-refractivity contribution in [2.75, 3.05) is 5.32 Å². The van der Waals surface area contributed by atoms with Crippen LogP contribution in [0.3, 0.4) is 0 Å². The molecule has 1 saturated carbocycles. The van der Waals surface area contributed by atoms with Crippen LogP contribution in [-0.4, -0.2) is 36.7 Å². The molecule has 1 aliphatic carbocycles. The molecule has 1 fully saturated rings. The number of carboxylic acid groups (broad SMARTS) is 1. The summed E-state index contributed by atoms with van der Waals surface area (Å²) in [5.74, 6) is -0.0594. The van der Waals surface area contributed by atoms with Gasteiger partial charge in [-0.2, -0.15) is 0 Å². The van der Waals surface area contributed by atoms with Gasteiger partial charge in [-0.05, 0) is 54.9 Å². The fourth-order valence-corrected chi connectivity index (χ4v) is 4.27. The maximum atomic E-state index is 10.9. The van der Waals surface area contributed by atoms with Crippen molar-refractivity contribution in [1.82, 2.24) is 19.6 Å². The highest BCUT2D eigenvalue weighted by atomic mass is 32.1. The van der Waals surface area contributed by atoms with Crippen LogP contribution in [0.15, 0.2) is 53.9 Å². The van der Waals surface area contributed by atoms with Crippen molar-refractivity contribution >= 4 is 34.5 Å². The Morgan fingerprint density at radius 2 is 1.88 bits per heavy atom. The van der Waals surface area contributed by atoms with E-state index in [2.05, 4.69) is 24.9 Å². The summed E-state index contributed by atoms with van der Waals surface area (Å²) in [5, 5.41) is 18.2. The number of anilines is 1. The van der Waals surface area contributed by atoms with Crippen molar-refractivity contribution in [3.05, 3.63) is 59.5 Å². The number of hydrogen-bond donors (Lipinski definition) is 4. The molecule has 0 aliphatic heterocycles. The summed E-state index contributed by atoms with van der Waals surface area (Å²) < 4.78 is 3.81. The molecule has 166 valence electrons. The molecule has 0 unspecified atom stereocenters. The zero-order valence-corrected chi connectivity index (χ0v) is 18.4. The van der Waals surface area contributed by atoms with Gasteiger partial charge in [0.05, 0.1) is 17.0 Å². The fourth-order valence-electron chi connectivity index (χ4n) is 3.80. The molecule has 0 atom stereocenters. The van der Waals surface area contributed by atoms with Crippen molar-refractivity contribution < 1.29 is 9.90 Å². The number of benzene rings is 2. The predicted octanol–water partition coefficient (Wildman–Crippen LogP) is 4.28. The zero-order chi connectivity index (χ0) is 22.3. The number of fused-ring (bicyclic) bond motifs is 1. The summed E-state index contributed by atoms with van der Waals surface area (Å²) in [6.45, 7) is 0.579. The largest absolute Gasteiger partial charge is 0.481 e. The number of rotatable bonds is 5. The first-order chi connectivity index (χ1) is 15.6. The summed E-state index contributed by atoms with van der Waals surface area (Å²) in [4.78, 5) is 18.6. The smallest absolute Gasteiger partial charge is 0.306 e. The summed E-state index contributed by atoms with van der Waals surface area (Å²) in [5.41, 5.74) is 10.6. The SMILES string of the molecule is NCc1ccc(-c2csnn2)cc1.O=C(O)[C@H]1CC[C@H](Nc2nc3ccccc3[nH]2)CC1. The van der Waals surface area contributed by atoms with Gasteiger partial charge in [0.2, 0.25) is 5.95 Å². The van der Waals surface area contributed by atoms with E-state index in [0.29, 0.717) is 12.6 Å². The Bertz CT molecular complexity index is 1100. The number of aliphatic carboxylic acids is 1. The van der Waals surface area contributed by atoms with Crippen LogP contribution in [0.2, 0.25) is 0 Å². The van der Waals surface area contributed by atoms with E-state index >= 15 is 0 Å². The minimum absolute atomic E-state index is 0.172. The van der Waals surface area contributed by atoms with Gasteiger partial charge in [-0.15, -0.1) is 5.10 Å². The normalized spacial score (nSPS) is 18.0. The molecule has 1 aliphatic rings. The monoisotopic (exact) mass is 450 g/mol. The lowest BCUT2D eigenvalue weighted by Gasteiger charge is -2.26. The second kappa shape index (κ2) is 10.3. The molecule has 32 heavy (non-hydrogen) atoms. The molecular weight excluding hydrogens is 424 g/mol. The number of hydrogen-bond acceptors (Lipinski definition) is 7. The molecule has 5 rings (SSSR count). The van der Waals surface area contributed by atoms with Crippen molar-refractivity contribution in [1.29, 1.82) is 0 Å². The number of aromatic amines is 1. The number of carboxylic acids is 1. The Morgan fingerprint density at radius 3 is 2.50 bits per heavy atom. The van der Waals surface area contributed by atoms with E-state index in [0.717, 1.165) is 59.5 Å². The molecule has 0 radical (unpaired) electrons. The second-order valence-corrected chi connectivity index (χ2v) is 8.43. The van der Waals surface area contributed by atoms with Gasteiger partial charge in [-0.1, -0.05) is 40.9 Å². The minimum Gasteiger partial charge on any atom is -0.481 e. The van der Waals surface area contributed by atoms with Gasteiger partial charge in [-0.25, -0.2) is 4.98 Å². The summed E-state index contributed by atoms with van der Waals surface area (Å²) in [7, 11) is 0. The Balaban J connectivity index is 0.000000165. The first kappa shape index (κ1) is 21.9. The van der Waals surface area contributed by atoms with E-state index in [4.69, 9.17) is 10.8 Å². The first-order valence-corrected chi connectivity index (χ1v) is 11.5. The van der Waals surface area contributed by atoms with Gasteiger partial charge in [0.25, 0.3) is 0 Å². The Labute approximate surface area is 190 Å². The molecule has 0 spiro atoms. The fraction of sp³-hybridized carbons (Fsp3) is 0.304. The van der Waals surface area contributed by atoms with E-state index in [1.807, 2.05) is 53.9 Å². The molecule has 8 nitrogen and oxygen atoms in total. The quantitative estimate of drug-likeness (QED) is 0.357. The average Bonchev–Trinajstić information content (AvgIpc) is 3.50. The molecule has 0 amide bonds. The van der Waals surface area contributed by atoms with Gasteiger partial charge in [0.1, 0.15) is 5.69 Å². The lowest BCUT2D eigenvalue weighted by Crippen LogP contribution is -2.29. The van der Waals surface area contributed by atoms with Crippen LogP contribution in [-0.2, 0) is 11.3 Å². The van der Waals surface area contributed by atoms with Crippen molar-refractivity contribution in [3.63, 3.8) is 0 Å². The van der Waals surface area contributed by atoms with E-state index in [-0.39, 0.29) is 5.92 Å². The number of nitrogens with one attached hydrogen (secondary N) is 2. The number of carbonyl (C=O) groups is 1. The molecule has 9 heteroatoms. The summed E-state index contributed by atoms with van der Waals surface area (Å²) in [6.07, 6.45) is 3.25. The molecular formula is C23H26N6O2S. The van der Waals surface area contributed by atoms with Gasteiger partial charge in [0.15, 0.2) is 0 Å². The highest BCUT2D eigenvalue weighted by Gasteiger charge is 2.26. The molecule has 0 saturated heterocycles. The average molecular weight is 451 g/mol. The van der Waals surface area contributed by atoms with Crippen LogP contribution >= 0.6 is 11.5 Å². The van der Waals surface area contributed by atoms with Gasteiger partial charge in [0, 0.05) is 23.5 Å². The molecule has 4 aromatic rings. The number of nitrogens with two attached hydrogens (primary N) is 1. The lowest BCUT2D eigenvalue weighted by molar-refractivity contribution is -0.142. The van der Waals surface area contributed by atoms with Crippen molar-refractivity contribution in [2.45, 2.75) is 38.3 Å². The second-order valence-electron chi connectivity index (χ2n) is 7.82. The molecule has 5 N–H and O–H groups in total. The van der Waals surface area contributed by atoms with Crippen LogP contribution in [0, 0.1) is 5.92 Å². The lowest BCUT2D eigenvalue weighted by atomic mass is 9.86. The molecule has 0 bridgehead atoms. The summed E-state index contributed by atoms with van der Waals surface area (Å²) in [6, 6.07) is 16.3. The van der Waals surface area contributed by atoms with E-state index in [9.17, 15) is 4.79 Å². The van der Waals surface area contributed by atoms with Crippen molar-refractivity contribution in [3.8, 4) is 11.3 Å². The Morgan fingerprint density at radius 1 is 1.12 bits per heavy atom. The van der Waals surface area contributed by atoms with Crippen LogP contribution in [0.1, 0.15) is 31.2 Å². The van der Waals surface area contributed by atoms with Crippen LogP contribution in [0.25, 0.3) is 22.3 Å². The number of aromatic nitrogens is 4. The third-order valence-electron chi connectivity index (χ3n) is 5.65. The zero-order valence-electron chi connectivity index (χ0n) is 17.6. The first-order valence-electron chi connectivity index (χ1n) is 10.6. The number of para-hydroxylation sites is 2. The third-order valence-corrected chi connectivity index (χ3v) is 6.16. The standard InChI is InChI=1S/C14H17N3O2.C9H9N3S/c18-13(19)9-5-7-10(8-6-9)15-14-16-11-3-1-2-4-12(11)17-14;10-5-7-1-3-8(4-2-7)9-6-13-12-11-9/h1-4,9-10H,5-8H2,(H,18,19)(H2,15,16,17);1-4,6H,5,10H2/t9-,10-;. The Kier molecular flexibility index (Phi) is 7.08. The Hall–Kier alpha value is -3.30. The molecule has 2 aromatic carbocycles. The van der Waals surface area contributed by atoms with E-state index < -0.39 is 5.97 Å². The number of nitrogens with zero attached hydrogens (tertiary/aromatic N) is 3. The summed E-state index contributed by atoms with van der Waals surface area (Å²) >= 11 is 1.36. The van der Waals surface area contributed by atoms with Crippen molar-refractivity contribution in [2.24, 2.45) is 11.7 Å². The topological polar surface area (TPSA) is 130 Å². The highest BCUT2D eigenvalue weighted by Crippen LogP contribution is 2.26. The number of H-pyrrole nitrogens is 1. The molecule has 2 heterocycles. The minimum atomic E-state index is -0.665.